The molecule has 0 bridgehead atoms. The van der Waals surface area contributed by atoms with E-state index >= 15 is 0 Å². The number of pyridine rings is 1. The molecule has 0 amide bonds. The molecule has 84 valence electrons. The molecule has 4 nitrogen and oxygen atoms in total. The Morgan fingerprint density at radius 2 is 2.07 bits per heavy atom. The Hall–Kier alpha value is -1.58. The van der Waals surface area contributed by atoms with Gasteiger partial charge in [0.15, 0.2) is 0 Å². The number of carbonyl (C=O) groups excluding carboxylic acids is 1. The van der Waals surface area contributed by atoms with Crippen molar-refractivity contribution in [2.24, 2.45) is 0 Å². The number of aryl methyl sites for hydroxylation is 1. The molecule has 0 aromatic carbocycles. The van der Waals surface area contributed by atoms with Crippen LogP contribution in [0.4, 0.5) is 0 Å². The molecule has 0 aliphatic rings. The summed E-state index contributed by atoms with van der Waals surface area (Å²) < 4.78 is 5.75. The van der Waals surface area contributed by atoms with Gasteiger partial charge in [0.05, 0.1) is 7.11 Å². The number of aromatic nitrogens is 1. The largest absolute Gasteiger partial charge is 0.468 e. The second-order valence-electron chi connectivity index (χ2n) is 2.75. The molecule has 0 aliphatic carbocycles. The van der Waals surface area contributed by atoms with Crippen LogP contribution in [0.15, 0.2) is 23.1 Å². The van der Waals surface area contributed by atoms with Crippen LogP contribution in [0.3, 0.4) is 0 Å². The lowest BCUT2D eigenvalue weighted by atomic mass is 10.3. The van der Waals surface area contributed by atoms with Crippen LogP contribution in [0.5, 0.6) is 0 Å². The highest BCUT2D eigenvalue weighted by Crippen LogP contribution is 1.91. The number of carbonyl (C=O) groups is 1. The first-order chi connectivity index (χ1) is 7.13. The Balaban J connectivity index is 0.000000921. The molecule has 0 radical (unpaired) electrons. The predicted molar refractivity (Wildman–Crippen MR) is 58.8 cm³/mol. The number of esters is 1. The van der Waals surface area contributed by atoms with Gasteiger partial charge in [0.25, 0.3) is 5.56 Å². The molecule has 1 rings (SSSR count). The van der Waals surface area contributed by atoms with Crippen LogP contribution in [0.2, 0.25) is 0 Å². The summed E-state index contributed by atoms with van der Waals surface area (Å²) in [6.07, 6.45) is 1.58. The third kappa shape index (κ3) is 4.44. The second kappa shape index (κ2) is 6.81. The van der Waals surface area contributed by atoms with E-state index in [1.165, 1.54) is 17.7 Å². The summed E-state index contributed by atoms with van der Waals surface area (Å²) in [4.78, 5) is 22.1. The second-order valence-corrected chi connectivity index (χ2v) is 2.75. The fourth-order valence-corrected chi connectivity index (χ4v) is 0.941. The highest BCUT2D eigenvalue weighted by atomic mass is 16.5. The fraction of sp³-hybridized carbons (Fsp3) is 0.455. The molecule has 1 aromatic rings. The van der Waals surface area contributed by atoms with E-state index in [4.69, 9.17) is 0 Å². The van der Waals surface area contributed by atoms with Crippen molar-refractivity contribution in [2.45, 2.75) is 27.3 Å². The maximum absolute atomic E-state index is 11.2. The molecule has 15 heavy (non-hydrogen) atoms. The van der Waals surface area contributed by atoms with Crippen molar-refractivity contribution in [3.63, 3.8) is 0 Å². The summed E-state index contributed by atoms with van der Waals surface area (Å²) >= 11 is 0. The van der Waals surface area contributed by atoms with E-state index in [2.05, 4.69) is 4.74 Å². The Morgan fingerprint density at radius 1 is 1.47 bits per heavy atom. The molecular weight excluding hydrogens is 194 g/mol. The zero-order valence-electron chi connectivity index (χ0n) is 9.61. The van der Waals surface area contributed by atoms with Crippen LogP contribution in [-0.2, 0) is 16.1 Å². The minimum absolute atomic E-state index is 0.0321. The minimum Gasteiger partial charge on any atom is -0.468 e. The highest BCUT2D eigenvalue weighted by molar-refractivity contribution is 5.68. The van der Waals surface area contributed by atoms with Crippen molar-refractivity contribution in [3.05, 3.63) is 34.2 Å². The maximum atomic E-state index is 11.2. The third-order valence-corrected chi connectivity index (χ3v) is 1.68. The van der Waals surface area contributed by atoms with Gasteiger partial charge >= 0.3 is 5.97 Å². The number of rotatable bonds is 2. The van der Waals surface area contributed by atoms with Crippen molar-refractivity contribution in [2.75, 3.05) is 7.11 Å². The van der Waals surface area contributed by atoms with Crippen LogP contribution in [0.1, 0.15) is 19.4 Å². The average molecular weight is 211 g/mol. The first-order valence-electron chi connectivity index (χ1n) is 4.87. The molecule has 0 atom stereocenters. The van der Waals surface area contributed by atoms with Gasteiger partial charge in [-0.25, -0.2) is 0 Å². The van der Waals surface area contributed by atoms with Crippen LogP contribution >= 0.6 is 0 Å². The summed E-state index contributed by atoms with van der Waals surface area (Å²) in [6, 6.07) is 3.24. The highest BCUT2D eigenvalue weighted by Gasteiger charge is 2.02. The number of hydrogen-bond donors (Lipinski definition) is 0. The molecular formula is C11H17NO3. The fourth-order valence-electron chi connectivity index (χ4n) is 0.941. The van der Waals surface area contributed by atoms with E-state index in [0.29, 0.717) is 0 Å². The maximum Gasteiger partial charge on any atom is 0.325 e. The molecule has 0 N–H and O–H groups in total. The van der Waals surface area contributed by atoms with E-state index in [9.17, 15) is 9.59 Å². The smallest absolute Gasteiger partial charge is 0.325 e. The Morgan fingerprint density at radius 3 is 2.53 bits per heavy atom. The van der Waals surface area contributed by atoms with Crippen molar-refractivity contribution >= 4 is 5.97 Å². The predicted octanol–water partition coefficient (Wildman–Crippen LogP) is 1.36. The lowest BCUT2D eigenvalue weighted by Crippen LogP contribution is -2.23. The topological polar surface area (TPSA) is 48.3 Å². The number of methoxy groups -OCH3 is 1. The van der Waals surface area contributed by atoms with Gasteiger partial charge in [-0.2, -0.15) is 0 Å². The van der Waals surface area contributed by atoms with Crippen LogP contribution < -0.4 is 5.56 Å². The molecule has 0 spiro atoms. The lowest BCUT2D eigenvalue weighted by molar-refractivity contribution is -0.141. The molecule has 1 heterocycles. The Bertz CT molecular complexity index is 368. The van der Waals surface area contributed by atoms with E-state index in [1.807, 2.05) is 20.8 Å². The summed E-state index contributed by atoms with van der Waals surface area (Å²) in [5, 5.41) is 0. The van der Waals surface area contributed by atoms with Gasteiger partial charge in [-0.3, -0.25) is 9.59 Å². The SMILES string of the molecule is CC.COC(=O)Cn1ccc(C)cc1=O. The number of ether oxygens (including phenoxy) is 1. The monoisotopic (exact) mass is 211 g/mol. The van der Waals surface area contributed by atoms with Crippen molar-refractivity contribution in [1.29, 1.82) is 0 Å². The first kappa shape index (κ1) is 13.4. The number of nitrogens with zero attached hydrogens (tertiary/aromatic N) is 1. The van der Waals surface area contributed by atoms with Gasteiger partial charge in [0.2, 0.25) is 0 Å². The standard InChI is InChI=1S/C9H11NO3.C2H6/c1-7-3-4-10(8(11)5-7)6-9(12)13-2;1-2/h3-5H,6H2,1-2H3;1-2H3. The van der Waals surface area contributed by atoms with E-state index in [-0.39, 0.29) is 12.1 Å². The molecule has 1 aromatic heterocycles. The zero-order chi connectivity index (χ0) is 11.8. The summed E-state index contributed by atoms with van der Waals surface area (Å²) in [5.74, 6) is -0.425. The molecule has 0 saturated heterocycles. The van der Waals surface area contributed by atoms with Gasteiger partial charge in [-0.05, 0) is 18.6 Å². The Labute approximate surface area is 89.5 Å². The third-order valence-electron chi connectivity index (χ3n) is 1.68. The van der Waals surface area contributed by atoms with Gasteiger partial charge < -0.3 is 9.30 Å². The Kier molecular flexibility index (Phi) is 6.09. The van der Waals surface area contributed by atoms with Crippen LogP contribution in [0, 0.1) is 6.92 Å². The normalized spacial score (nSPS) is 8.80. The van der Waals surface area contributed by atoms with E-state index in [0.717, 1.165) is 5.56 Å². The van der Waals surface area contributed by atoms with Gasteiger partial charge in [-0.15, -0.1) is 0 Å². The molecule has 4 heteroatoms. The van der Waals surface area contributed by atoms with Crippen LogP contribution in [0.25, 0.3) is 0 Å². The molecule has 0 unspecified atom stereocenters. The van der Waals surface area contributed by atoms with E-state index in [1.54, 1.807) is 12.3 Å². The lowest BCUT2D eigenvalue weighted by Gasteiger charge is -2.03. The average Bonchev–Trinajstić information content (AvgIpc) is 2.25. The first-order valence-corrected chi connectivity index (χ1v) is 4.87. The summed E-state index contributed by atoms with van der Waals surface area (Å²) in [6.45, 7) is 5.79. The zero-order valence-corrected chi connectivity index (χ0v) is 9.61. The van der Waals surface area contributed by atoms with Gasteiger partial charge in [0.1, 0.15) is 6.54 Å². The summed E-state index contributed by atoms with van der Waals surface area (Å²) in [7, 11) is 1.29. The molecule has 0 saturated carbocycles. The van der Waals surface area contributed by atoms with Crippen molar-refractivity contribution in [1.82, 2.24) is 4.57 Å². The van der Waals surface area contributed by atoms with E-state index < -0.39 is 5.97 Å². The van der Waals surface area contributed by atoms with Gasteiger partial charge in [0, 0.05) is 12.3 Å². The quantitative estimate of drug-likeness (QED) is 0.694. The minimum atomic E-state index is -0.425. The molecule has 0 fully saturated rings. The molecule has 0 aliphatic heterocycles. The summed E-state index contributed by atoms with van der Waals surface area (Å²) in [5.41, 5.74) is 0.691. The number of hydrogen-bond acceptors (Lipinski definition) is 3. The van der Waals surface area contributed by atoms with Crippen LogP contribution in [-0.4, -0.2) is 17.6 Å². The van der Waals surface area contributed by atoms with Crippen molar-refractivity contribution in [3.8, 4) is 0 Å². The van der Waals surface area contributed by atoms with Gasteiger partial charge in [-0.1, -0.05) is 13.8 Å². The van der Waals surface area contributed by atoms with Crippen molar-refractivity contribution < 1.29 is 9.53 Å².